The van der Waals surface area contributed by atoms with Gasteiger partial charge in [-0.15, -0.1) is 0 Å². The first-order valence-corrected chi connectivity index (χ1v) is 22.8. The highest BCUT2D eigenvalue weighted by Crippen LogP contribution is 2.40. The molecule has 0 radical (unpaired) electrons. The van der Waals surface area contributed by atoms with E-state index in [2.05, 4.69) is 36.4 Å². The van der Waals surface area contributed by atoms with Crippen LogP contribution in [0, 0.1) is 0 Å². The van der Waals surface area contributed by atoms with Gasteiger partial charge in [-0.3, -0.25) is 14.5 Å². The van der Waals surface area contributed by atoms with Crippen LogP contribution in [0.4, 0.5) is 0 Å². The fraction of sp³-hybridized carbons (Fsp3) is 0.490. The number of carbonyl (C=O) groups is 2. The van der Waals surface area contributed by atoms with Crippen molar-refractivity contribution in [2.45, 2.75) is 5.60 Å². The first kappa shape index (κ1) is 52.5. The summed E-state index contributed by atoms with van der Waals surface area (Å²) < 4.78 is 68.0. The summed E-state index contributed by atoms with van der Waals surface area (Å²) in [5, 5.41) is 0. The maximum Gasteiger partial charge on any atom is 0.261 e. The molecule has 0 saturated heterocycles. The Morgan fingerprint density at radius 1 is 0.288 bits per heavy atom. The molecule has 0 N–H and O–H groups in total. The molecular formula is C51H67NO14. The van der Waals surface area contributed by atoms with Gasteiger partial charge in [-0.1, -0.05) is 103 Å². The normalized spacial score (nSPS) is 12.6. The van der Waals surface area contributed by atoms with Gasteiger partial charge in [0, 0.05) is 0 Å². The molecule has 4 aromatic rings. The molecule has 0 fully saturated rings. The van der Waals surface area contributed by atoms with Gasteiger partial charge in [0.2, 0.25) is 0 Å². The minimum absolute atomic E-state index is 0.209. The van der Waals surface area contributed by atoms with Crippen molar-refractivity contribution in [3.05, 3.63) is 143 Å². The molecule has 1 aliphatic heterocycles. The standard InChI is InChI=1S/C51H67NO14/c53-49-47-18-10-11-19-48(47)50(54)52(49)20-21-55-22-23-56-24-25-57-26-27-58-28-29-59-30-31-60-32-33-61-34-35-62-36-37-63-38-39-64-40-41-65-42-43-66-51(44-12-4-1-5-13-44,45-14-6-2-7-15-45)46-16-8-3-9-17-46/h1-19H,20-43H2. The Kier molecular flexibility index (Phi) is 26.3. The number of benzene rings is 4. The van der Waals surface area contributed by atoms with E-state index in [1.54, 1.807) is 24.3 Å². The number of fused-ring (bicyclic) bond motifs is 1. The Morgan fingerprint density at radius 3 is 0.788 bits per heavy atom. The number of imide groups is 1. The molecule has 4 aromatic carbocycles. The van der Waals surface area contributed by atoms with E-state index >= 15 is 0 Å². The van der Waals surface area contributed by atoms with Crippen molar-refractivity contribution >= 4 is 11.8 Å². The smallest absolute Gasteiger partial charge is 0.261 e. The largest absolute Gasteiger partial charge is 0.377 e. The molecule has 0 unspecified atom stereocenters. The van der Waals surface area contributed by atoms with Gasteiger partial charge < -0.3 is 56.8 Å². The van der Waals surface area contributed by atoms with Crippen LogP contribution < -0.4 is 0 Å². The van der Waals surface area contributed by atoms with Gasteiger partial charge in [-0.05, 0) is 28.8 Å². The third kappa shape index (κ3) is 18.7. The number of carbonyl (C=O) groups excluding carboxylic acids is 2. The molecule has 0 atom stereocenters. The minimum atomic E-state index is -0.761. The Labute approximate surface area is 389 Å². The molecule has 0 aromatic heterocycles. The Bertz CT molecular complexity index is 1720. The van der Waals surface area contributed by atoms with Crippen LogP contribution in [0.1, 0.15) is 37.4 Å². The van der Waals surface area contributed by atoms with E-state index in [-0.39, 0.29) is 25.0 Å². The summed E-state index contributed by atoms with van der Waals surface area (Å²) in [6.07, 6.45) is 0. The minimum Gasteiger partial charge on any atom is -0.377 e. The molecule has 0 bridgehead atoms. The SMILES string of the molecule is O=C1c2ccccc2C(=O)N1CCOCCOCCOCCOCCOCCOCCOCCOCCOCCOCCOCCOC(c1ccccc1)(c1ccccc1)c1ccccc1. The van der Waals surface area contributed by atoms with E-state index in [0.29, 0.717) is 156 Å². The van der Waals surface area contributed by atoms with Gasteiger partial charge in [-0.2, -0.15) is 0 Å². The zero-order valence-electron chi connectivity index (χ0n) is 38.1. The summed E-state index contributed by atoms with van der Waals surface area (Å²) in [5.74, 6) is -0.561. The van der Waals surface area contributed by atoms with Crippen molar-refractivity contribution in [1.29, 1.82) is 0 Å². The highest BCUT2D eigenvalue weighted by Gasteiger charge is 2.37. The lowest BCUT2D eigenvalue weighted by molar-refractivity contribution is -0.0399. The third-order valence-electron chi connectivity index (χ3n) is 10.1. The van der Waals surface area contributed by atoms with Crippen LogP contribution in [-0.4, -0.2) is 175 Å². The fourth-order valence-corrected chi connectivity index (χ4v) is 6.92. The number of rotatable bonds is 40. The molecule has 15 heteroatoms. The number of hydrogen-bond acceptors (Lipinski definition) is 14. The van der Waals surface area contributed by atoms with E-state index in [4.69, 9.17) is 56.8 Å². The van der Waals surface area contributed by atoms with Crippen molar-refractivity contribution in [1.82, 2.24) is 4.90 Å². The summed E-state index contributed by atoms with van der Waals surface area (Å²) in [7, 11) is 0. The summed E-state index contributed by atoms with van der Waals surface area (Å²) in [5.41, 5.74) is 3.30. The maximum absolute atomic E-state index is 12.3. The zero-order chi connectivity index (χ0) is 46.0. The Morgan fingerprint density at radius 2 is 0.515 bits per heavy atom. The number of nitrogens with zero attached hydrogens (tertiary/aromatic N) is 1. The Balaban J connectivity index is 0.708. The van der Waals surface area contributed by atoms with Gasteiger partial charge in [0.25, 0.3) is 11.8 Å². The highest BCUT2D eigenvalue weighted by atomic mass is 16.6. The quantitative estimate of drug-likeness (QED) is 0.0316. The summed E-state index contributed by atoms with van der Waals surface area (Å²) in [6, 6.07) is 37.8. The monoisotopic (exact) mass is 917 g/mol. The average Bonchev–Trinajstić information content (AvgIpc) is 3.60. The second kappa shape index (κ2) is 33.1. The molecule has 0 aliphatic carbocycles. The van der Waals surface area contributed by atoms with Gasteiger partial charge in [0.05, 0.1) is 170 Å². The second-order valence-electron chi connectivity index (χ2n) is 14.7. The lowest BCUT2D eigenvalue weighted by Gasteiger charge is -2.36. The molecule has 2 amide bonds. The van der Waals surface area contributed by atoms with Crippen molar-refractivity contribution in [2.75, 3.05) is 159 Å². The molecule has 0 saturated carbocycles. The van der Waals surface area contributed by atoms with Gasteiger partial charge in [0.15, 0.2) is 0 Å². The van der Waals surface area contributed by atoms with Gasteiger partial charge >= 0.3 is 0 Å². The first-order valence-electron chi connectivity index (χ1n) is 22.8. The molecule has 0 spiro atoms. The first-order chi connectivity index (χ1) is 32.7. The summed E-state index contributed by atoms with van der Waals surface area (Å²) >= 11 is 0. The molecule has 1 aliphatic rings. The maximum atomic E-state index is 12.3. The zero-order valence-corrected chi connectivity index (χ0v) is 38.1. The van der Waals surface area contributed by atoms with Crippen molar-refractivity contribution in [3.63, 3.8) is 0 Å². The predicted molar refractivity (Wildman–Crippen MR) is 246 cm³/mol. The van der Waals surface area contributed by atoms with E-state index < -0.39 is 5.60 Å². The van der Waals surface area contributed by atoms with Gasteiger partial charge in [-0.25, -0.2) is 0 Å². The lowest BCUT2D eigenvalue weighted by atomic mass is 9.80. The van der Waals surface area contributed by atoms with Gasteiger partial charge in [0.1, 0.15) is 5.60 Å². The Hall–Kier alpha value is -4.46. The number of amides is 2. The van der Waals surface area contributed by atoms with Crippen LogP contribution in [0.15, 0.2) is 115 Å². The van der Waals surface area contributed by atoms with E-state index in [1.165, 1.54) is 4.90 Å². The van der Waals surface area contributed by atoms with E-state index in [0.717, 1.165) is 16.7 Å². The predicted octanol–water partition coefficient (Wildman–Crippen LogP) is 5.47. The van der Waals surface area contributed by atoms with Crippen LogP contribution in [0.2, 0.25) is 0 Å². The summed E-state index contributed by atoms with van der Waals surface area (Å²) in [6.45, 7) is 10.5. The molecule has 5 rings (SSSR count). The van der Waals surface area contributed by atoms with Crippen LogP contribution >= 0.6 is 0 Å². The van der Waals surface area contributed by atoms with Crippen LogP contribution in [-0.2, 0) is 62.4 Å². The van der Waals surface area contributed by atoms with Crippen LogP contribution in [0.5, 0.6) is 0 Å². The number of ether oxygens (including phenoxy) is 12. The third-order valence-corrected chi connectivity index (χ3v) is 10.1. The molecule has 15 nitrogen and oxygen atoms in total. The van der Waals surface area contributed by atoms with Crippen LogP contribution in [0.25, 0.3) is 0 Å². The van der Waals surface area contributed by atoms with Crippen molar-refractivity contribution in [2.24, 2.45) is 0 Å². The molecule has 1 heterocycles. The van der Waals surface area contributed by atoms with Crippen molar-refractivity contribution in [3.8, 4) is 0 Å². The van der Waals surface area contributed by atoms with Crippen molar-refractivity contribution < 1.29 is 66.4 Å². The topological polar surface area (TPSA) is 148 Å². The van der Waals surface area contributed by atoms with Crippen LogP contribution in [0.3, 0.4) is 0 Å². The molecule has 66 heavy (non-hydrogen) atoms. The van der Waals surface area contributed by atoms with E-state index in [1.807, 2.05) is 54.6 Å². The summed E-state index contributed by atoms with van der Waals surface area (Å²) in [4.78, 5) is 25.9. The lowest BCUT2D eigenvalue weighted by Crippen LogP contribution is -2.34. The molecule has 360 valence electrons. The fourth-order valence-electron chi connectivity index (χ4n) is 6.92. The average molecular weight is 918 g/mol. The molecular weight excluding hydrogens is 851 g/mol. The second-order valence-corrected chi connectivity index (χ2v) is 14.7. The highest BCUT2D eigenvalue weighted by molar-refractivity contribution is 6.21. The number of hydrogen-bond donors (Lipinski definition) is 0. The van der Waals surface area contributed by atoms with E-state index in [9.17, 15) is 9.59 Å².